The Balaban J connectivity index is 1.40. The predicted molar refractivity (Wildman–Crippen MR) is 108 cm³/mol. The minimum absolute atomic E-state index is 0.0146. The van der Waals surface area contributed by atoms with Gasteiger partial charge in [-0.25, -0.2) is 0 Å². The van der Waals surface area contributed by atoms with Gasteiger partial charge in [0.25, 0.3) is 0 Å². The lowest BCUT2D eigenvalue weighted by molar-refractivity contribution is -0.183. The number of allylic oxidation sites excluding steroid dienone is 1. The highest BCUT2D eigenvalue weighted by atomic mass is 16.7. The third-order valence-corrected chi connectivity index (χ3v) is 6.58. The number of fused-ring (bicyclic) bond motifs is 2. The van der Waals surface area contributed by atoms with E-state index in [9.17, 15) is 0 Å². The highest BCUT2D eigenvalue weighted by Gasteiger charge is 2.52. The molecule has 0 radical (unpaired) electrons. The summed E-state index contributed by atoms with van der Waals surface area (Å²) in [4.78, 5) is 0. The average Bonchev–Trinajstić information content (AvgIpc) is 3.30. The van der Waals surface area contributed by atoms with E-state index in [0.717, 1.165) is 39.3 Å². The van der Waals surface area contributed by atoms with Crippen molar-refractivity contribution in [3.8, 4) is 0 Å². The maximum Gasteiger partial charge on any atom is 0.157 e. The smallest absolute Gasteiger partial charge is 0.157 e. The summed E-state index contributed by atoms with van der Waals surface area (Å²) >= 11 is 0. The highest BCUT2D eigenvalue weighted by molar-refractivity contribution is 4.99. The van der Waals surface area contributed by atoms with Gasteiger partial charge in [0.2, 0.25) is 0 Å². The van der Waals surface area contributed by atoms with E-state index in [-0.39, 0.29) is 6.29 Å². The maximum absolute atomic E-state index is 6.29. The number of unbranched alkanes of at least 4 members (excludes halogenated alkanes) is 3. The molecular formula is C23H40O4. The number of hydrogen-bond acceptors (Lipinski definition) is 4. The van der Waals surface area contributed by atoms with Crippen LogP contribution >= 0.6 is 0 Å². The van der Waals surface area contributed by atoms with E-state index in [0.29, 0.717) is 30.0 Å². The van der Waals surface area contributed by atoms with Crippen LogP contribution in [0.1, 0.15) is 71.6 Å². The molecule has 3 heterocycles. The Bertz CT molecular complexity index is 430. The molecule has 27 heavy (non-hydrogen) atoms. The summed E-state index contributed by atoms with van der Waals surface area (Å²) in [6.45, 7) is 7.65. The van der Waals surface area contributed by atoms with Gasteiger partial charge in [-0.3, -0.25) is 0 Å². The second-order valence-corrected chi connectivity index (χ2v) is 8.50. The second kappa shape index (κ2) is 11.5. The van der Waals surface area contributed by atoms with Gasteiger partial charge in [-0.1, -0.05) is 38.3 Å². The zero-order valence-electron chi connectivity index (χ0n) is 17.4. The average molecular weight is 381 g/mol. The monoisotopic (exact) mass is 380 g/mol. The third kappa shape index (κ3) is 6.03. The lowest BCUT2D eigenvalue weighted by Crippen LogP contribution is -2.41. The molecular weight excluding hydrogens is 340 g/mol. The lowest BCUT2D eigenvalue weighted by atomic mass is 9.71. The van der Waals surface area contributed by atoms with E-state index in [1.165, 1.54) is 44.9 Å². The summed E-state index contributed by atoms with van der Waals surface area (Å²) in [5.74, 6) is 1.78. The molecule has 2 unspecified atom stereocenters. The van der Waals surface area contributed by atoms with Gasteiger partial charge in [0.05, 0.1) is 32.0 Å². The Kier molecular flexibility index (Phi) is 9.11. The summed E-state index contributed by atoms with van der Waals surface area (Å²) in [6.07, 6.45) is 15.8. The lowest BCUT2D eigenvalue weighted by Gasteiger charge is -2.38. The summed E-state index contributed by atoms with van der Waals surface area (Å²) in [5, 5.41) is 0. The van der Waals surface area contributed by atoms with Crippen molar-refractivity contribution in [1.82, 2.24) is 0 Å². The van der Waals surface area contributed by atoms with E-state index in [4.69, 9.17) is 18.9 Å². The first-order valence-electron chi connectivity index (χ1n) is 11.4. The molecule has 0 aromatic heterocycles. The molecule has 0 spiro atoms. The van der Waals surface area contributed by atoms with Crippen LogP contribution in [0, 0.1) is 17.8 Å². The van der Waals surface area contributed by atoms with Gasteiger partial charge in [-0.2, -0.15) is 0 Å². The molecule has 3 aliphatic rings. The summed E-state index contributed by atoms with van der Waals surface area (Å²) in [5.41, 5.74) is 0. The predicted octanol–water partition coefficient (Wildman–Crippen LogP) is 5.11. The zero-order valence-corrected chi connectivity index (χ0v) is 17.4. The summed E-state index contributed by atoms with van der Waals surface area (Å²) < 4.78 is 24.3. The molecule has 156 valence electrons. The fourth-order valence-electron chi connectivity index (χ4n) is 5.15. The van der Waals surface area contributed by atoms with E-state index in [1.807, 2.05) is 6.92 Å². The number of hydrogen-bond donors (Lipinski definition) is 0. The number of ether oxygens (including phenoxy) is 4. The van der Waals surface area contributed by atoms with E-state index in [1.54, 1.807) is 0 Å². The largest absolute Gasteiger partial charge is 0.381 e. The molecule has 0 N–H and O–H groups in total. The van der Waals surface area contributed by atoms with Crippen molar-refractivity contribution in [2.75, 3.05) is 26.4 Å². The van der Waals surface area contributed by atoms with Crippen LogP contribution in [0.4, 0.5) is 0 Å². The van der Waals surface area contributed by atoms with Crippen LogP contribution in [0.2, 0.25) is 0 Å². The van der Waals surface area contributed by atoms with Gasteiger partial charge in [-0.15, -0.1) is 0 Å². The Labute approximate surface area is 166 Å². The quantitative estimate of drug-likeness (QED) is 0.348. The molecule has 3 fully saturated rings. The summed E-state index contributed by atoms with van der Waals surface area (Å²) in [7, 11) is 0. The van der Waals surface area contributed by atoms with Crippen molar-refractivity contribution in [2.45, 2.75) is 90.1 Å². The first-order valence-corrected chi connectivity index (χ1v) is 11.4. The molecule has 0 amide bonds. The van der Waals surface area contributed by atoms with Crippen molar-refractivity contribution >= 4 is 0 Å². The molecule has 6 atom stereocenters. The third-order valence-electron chi connectivity index (χ3n) is 6.58. The summed E-state index contributed by atoms with van der Waals surface area (Å²) in [6, 6.07) is 0. The molecule has 3 aliphatic heterocycles. The second-order valence-electron chi connectivity index (χ2n) is 8.50. The Morgan fingerprint density at radius 2 is 1.89 bits per heavy atom. The Hall–Kier alpha value is -0.420. The first-order chi connectivity index (χ1) is 13.3. The fourth-order valence-corrected chi connectivity index (χ4v) is 5.15. The minimum Gasteiger partial charge on any atom is -0.381 e. The van der Waals surface area contributed by atoms with Crippen LogP contribution in [-0.2, 0) is 18.9 Å². The van der Waals surface area contributed by atoms with Crippen molar-refractivity contribution < 1.29 is 18.9 Å². The van der Waals surface area contributed by atoms with Crippen LogP contribution in [-0.4, -0.2) is 44.9 Å². The van der Waals surface area contributed by atoms with Crippen molar-refractivity contribution in [3.63, 3.8) is 0 Å². The van der Waals surface area contributed by atoms with E-state index < -0.39 is 0 Å². The molecule has 0 aromatic rings. The molecule has 0 aromatic carbocycles. The molecule has 3 saturated heterocycles. The van der Waals surface area contributed by atoms with Crippen molar-refractivity contribution in [1.29, 1.82) is 0 Å². The van der Waals surface area contributed by atoms with Gasteiger partial charge in [-0.05, 0) is 57.3 Å². The molecule has 0 saturated carbocycles. The van der Waals surface area contributed by atoms with Crippen molar-refractivity contribution in [2.24, 2.45) is 17.8 Å². The van der Waals surface area contributed by atoms with Crippen LogP contribution in [0.15, 0.2) is 12.2 Å². The molecule has 2 bridgehead atoms. The van der Waals surface area contributed by atoms with Crippen molar-refractivity contribution in [3.05, 3.63) is 12.2 Å². The maximum atomic E-state index is 6.29. The Morgan fingerprint density at radius 3 is 2.67 bits per heavy atom. The van der Waals surface area contributed by atoms with Crippen LogP contribution in [0.5, 0.6) is 0 Å². The molecule has 4 nitrogen and oxygen atoms in total. The topological polar surface area (TPSA) is 36.9 Å². The van der Waals surface area contributed by atoms with Gasteiger partial charge in [0.15, 0.2) is 6.29 Å². The highest BCUT2D eigenvalue weighted by Crippen LogP contribution is 2.48. The zero-order chi connectivity index (χ0) is 18.9. The first kappa shape index (κ1) is 21.3. The van der Waals surface area contributed by atoms with Gasteiger partial charge >= 0.3 is 0 Å². The van der Waals surface area contributed by atoms with E-state index in [2.05, 4.69) is 19.1 Å². The SMILES string of the molecule is C/C=C\CCO[C@H]1CCC(C2[C@H]3CC[C@H](O3)[C@H]2COCCCCCC)CO1. The normalized spacial score (nSPS) is 36.1. The van der Waals surface area contributed by atoms with Crippen LogP contribution in [0.25, 0.3) is 0 Å². The van der Waals surface area contributed by atoms with Gasteiger partial charge in [0, 0.05) is 12.5 Å². The van der Waals surface area contributed by atoms with Crippen LogP contribution in [0.3, 0.4) is 0 Å². The standard InChI is InChI=1S/C23H40O4/c1-3-5-7-9-14-24-17-19-20-11-12-21(27-20)23(19)18-10-13-22(26-16-18)25-15-8-6-4-2/h4,6,18-23H,3,5,7-17H2,1-2H3/b6-4-/t18?,19-,20+,21-,22-,23?/m1/s1. The fraction of sp³-hybridized carbons (Fsp3) is 0.913. The molecule has 4 heteroatoms. The number of rotatable bonds is 12. The van der Waals surface area contributed by atoms with Gasteiger partial charge in [0.1, 0.15) is 0 Å². The minimum atomic E-state index is -0.0146. The molecule has 0 aliphatic carbocycles. The van der Waals surface area contributed by atoms with Gasteiger partial charge < -0.3 is 18.9 Å². The Morgan fingerprint density at radius 1 is 1.00 bits per heavy atom. The molecule has 3 rings (SSSR count). The van der Waals surface area contributed by atoms with E-state index >= 15 is 0 Å². The van der Waals surface area contributed by atoms with Crippen LogP contribution < -0.4 is 0 Å².